The standard InChI is InChI=1S/C16H21NO4/c1-11(15(18)17-13-5-3-2-4-6-13)21-14-9-7-12(8-10-14)16(19)20/h7-11,13H,2-6H2,1H3,(H,17,18)(H,19,20). The van der Waals surface area contributed by atoms with Crippen molar-refractivity contribution in [3.63, 3.8) is 0 Å². The third-order valence-electron chi connectivity index (χ3n) is 3.73. The molecule has 1 aromatic rings. The van der Waals surface area contributed by atoms with Gasteiger partial charge >= 0.3 is 5.97 Å². The van der Waals surface area contributed by atoms with E-state index in [1.165, 1.54) is 18.6 Å². The summed E-state index contributed by atoms with van der Waals surface area (Å²) in [4.78, 5) is 22.8. The summed E-state index contributed by atoms with van der Waals surface area (Å²) in [6, 6.07) is 6.31. The van der Waals surface area contributed by atoms with E-state index in [4.69, 9.17) is 9.84 Å². The maximum atomic E-state index is 12.1. The van der Waals surface area contributed by atoms with Crippen molar-refractivity contribution in [2.75, 3.05) is 0 Å². The van der Waals surface area contributed by atoms with Crippen LogP contribution in [-0.2, 0) is 4.79 Å². The molecule has 21 heavy (non-hydrogen) atoms. The van der Waals surface area contributed by atoms with Gasteiger partial charge in [0.25, 0.3) is 5.91 Å². The normalized spacial score (nSPS) is 17.0. The van der Waals surface area contributed by atoms with Crippen molar-refractivity contribution in [2.45, 2.75) is 51.2 Å². The van der Waals surface area contributed by atoms with E-state index < -0.39 is 12.1 Å². The van der Waals surface area contributed by atoms with Crippen molar-refractivity contribution < 1.29 is 19.4 Å². The Labute approximate surface area is 124 Å². The lowest BCUT2D eigenvalue weighted by molar-refractivity contribution is -0.128. The van der Waals surface area contributed by atoms with Gasteiger partial charge in [-0.1, -0.05) is 19.3 Å². The molecule has 114 valence electrons. The van der Waals surface area contributed by atoms with Crippen LogP contribution in [0.3, 0.4) is 0 Å². The molecule has 1 saturated carbocycles. The molecule has 0 aliphatic heterocycles. The van der Waals surface area contributed by atoms with Crippen molar-refractivity contribution in [1.82, 2.24) is 5.32 Å². The molecule has 1 amide bonds. The molecule has 0 bridgehead atoms. The molecule has 5 nitrogen and oxygen atoms in total. The van der Waals surface area contributed by atoms with Crippen LogP contribution in [0, 0.1) is 0 Å². The Kier molecular flexibility index (Phi) is 5.20. The minimum absolute atomic E-state index is 0.121. The van der Waals surface area contributed by atoms with Crippen LogP contribution in [0.25, 0.3) is 0 Å². The lowest BCUT2D eigenvalue weighted by Crippen LogP contribution is -2.43. The van der Waals surface area contributed by atoms with Crippen LogP contribution in [0.1, 0.15) is 49.4 Å². The molecule has 0 aromatic heterocycles. The molecule has 1 fully saturated rings. The fraction of sp³-hybridized carbons (Fsp3) is 0.500. The van der Waals surface area contributed by atoms with E-state index >= 15 is 0 Å². The van der Waals surface area contributed by atoms with E-state index in [9.17, 15) is 9.59 Å². The second kappa shape index (κ2) is 7.11. The van der Waals surface area contributed by atoms with Crippen molar-refractivity contribution in [3.8, 4) is 5.75 Å². The summed E-state index contributed by atoms with van der Waals surface area (Å²) in [5, 5.41) is 11.8. The summed E-state index contributed by atoms with van der Waals surface area (Å²) in [5.41, 5.74) is 0.196. The van der Waals surface area contributed by atoms with Gasteiger partial charge in [-0.3, -0.25) is 4.79 Å². The fourth-order valence-electron chi connectivity index (χ4n) is 2.50. The van der Waals surface area contributed by atoms with Crippen LogP contribution >= 0.6 is 0 Å². The van der Waals surface area contributed by atoms with Gasteiger partial charge in [-0.15, -0.1) is 0 Å². The average Bonchev–Trinajstić information content (AvgIpc) is 2.48. The largest absolute Gasteiger partial charge is 0.481 e. The summed E-state index contributed by atoms with van der Waals surface area (Å²) in [6.45, 7) is 1.70. The molecular weight excluding hydrogens is 270 g/mol. The number of amides is 1. The maximum absolute atomic E-state index is 12.1. The molecule has 2 rings (SSSR count). The number of ether oxygens (including phenoxy) is 1. The number of rotatable bonds is 5. The monoisotopic (exact) mass is 291 g/mol. The molecule has 5 heteroatoms. The predicted molar refractivity (Wildman–Crippen MR) is 78.5 cm³/mol. The molecule has 1 aromatic carbocycles. The zero-order valence-electron chi connectivity index (χ0n) is 12.2. The Balaban J connectivity index is 1.86. The summed E-state index contributed by atoms with van der Waals surface area (Å²) >= 11 is 0. The molecule has 0 saturated heterocycles. The molecular formula is C16H21NO4. The minimum atomic E-state index is -0.982. The van der Waals surface area contributed by atoms with Crippen LogP contribution < -0.4 is 10.1 Å². The lowest BCUT2D eigenvalue weighted by atomic mass is 9.95. The first kappa shape index (κ1) is 15.4. The number of carbonyl (C=O) groups is 2. The van der Waals surface area contributed by atoms with Gasteiger partial charge in [0, 0.05) is 6.04 Å². The number of carbonyl (C=O) groups excluding carboxylic acids is 1. The Morgan fingerprint density at radius 2 is 1.81 bits per heavy atom. The fourth-order valence-corrected chi connectivity index (χ4v) is 2.50. The van der Waals surface area contributed by atoms with Gasteiger partial charge in [-0.05, 0) is 44.0 Å². The zero-order chi connectivity index (χ0) is 15.2. The first-order valence-corrected chi connectivity index (χ1v) is 7.36. The van der Waals surface area contributed by atoms with Gasteiger partial charge in [0.15, 0.2) is 6.10 Å². The van der Waals surface area contributed by atoms with E-state index in [0.29, 0.717) is 5.75 Å². The zero-order valence-corrected chi connectivity index (χ0v) is 12.2. The second-order valence-corrected chi connectivity index (χ2v) is 5.43. The highest BCUT2D eigenvalue weighted by atomic mass is 16.5. The Morgan fingerprint density at radius 3 is 2.38 bits per heavy atom. The quantitative estimate of drug-likeness (QED) is 0.874. The van der Waals surface area contributed by atoms with E-state index in [0.717, 1.165) is 25.7 Å². The topological polar surface area (TPSA) is 75.6 Å². The first-order chi connectivity index (χ1) is 10.1. The third-order valence-corrected chi connectivity index (χ3v) is 3.73. The number of aromatic carboxylic acids is 1. The van der Waals surface area contributed by atoms with Crippen LogP contribution in [0.2, 0.25) is 0 Å². The Morgan fingerprint density at radius 1 is 1.19 bits per heavy atom. The number of hydrogen-bond donors (Lipinski definition) is 2. The van der Waals surface area contributed by atoms with Crippen molar-refractivity contribution in [2.24, 2.45) is 0 Å². The molecule has 1 aliphatic carbocycles. The molecule has 0 spiro atoms. The predicted octanol–water partition coefficient (Wildman–Crippen LogP) is 2.60. The van der Waals surface area contributed by atoms with E-state index in [2.05, 4.69) is 5.32 Å². The molecule has 0 radical (unpaired) electrons. The summed E-state index contributed by atoms with van der Waals surface area (Å²) < 4.78 is 5.55. The van der Waals surface area contributed by atoms with Gasteiger partial charge in [0.2, 0.25) is 0 Å². The third kappa shape index (κ3) is 4.48. The van der Waals surface area contributed by atoms with Gasteiger partial charge in [0.05, 0.1) is 5.56 Å². The number of nitrogens with one attached hydrogen (secondary N) is 1. The van der Waals surface area contributed by atoms with Gasteiger partial charge in [-0.2, -0.15) is 0 Å². The average molecular weight is 291 g/mol. The lowest BCUT2D eigenvalue weighted by Gasteiger charge is -2.24. The highest BCUT2D eigenvalue weighted by Gasteiger charge is 2.20. The van der Waals surface area contributed by atoms with E-state index in [-0.39, 0.29) is 17.5 Å². The molecule has 1 aliphatic rings. The van der Waals surface area contributed by atoms with Crippen LogP contribution in [-0.4, -0.2) is 29.1 Å². The number of carboxylic acid groups (broad SMARTS) is 1. The molecule has 0 heterocycles. The number of benzene rings is 1. The number of hydrogen-bond acceptors (Lipinski definition) is 3. The second-order valence-electron chi connectivity index (χ2n) is 5.43. The van der Waals surface area contributed by atoms with Gasteiger partial charge < -0.3 is 15.2 Å². The molecule has 1 unspecified atom stereocenters. The minimum Gasteiger partial charge on any atom is -0.481 e. The summed E-state index contributed by atoms with van der Waals surface area (Å²) in [7, 11) is 0. The summed E-state index contributed by atoms with van der Waals surface area (Å²) in [5.74, 6) is -0.611. The van der Waals surface area contributed by atoms with Crippen LogP contribution in [0.5, 0.6) is 5.75 Å². The molecule has 2 N–H and O–H groups in total. The van der Waals surface area contributed by atoms with Crippen molar-refractivity contribution in [3.05, 3.63) is 29.8 Å². The van der Waals surface area contributed by atoms with Crippen LogP contribution in [0.4, 0.5) is 0 Å². The maximum Gasteiger partial charge on any atom is 0.335 e. The van der Waals surface area contributed by atoms with Gasteiger partial charge in [0.1, 0.15) is 5.75 Å². The highest BCUT2D eigenvalue weighted by Crippen LogP contribution is 2.18. The van der Waals surface area contributed by atoms with E-state index in [1.54, 1.807) is 19.1 Å². The Hall–Kier alpha value is -2.04. The van der Waals surface area contributed by atoms with Crippen LogP contribution in [0.15, 0.2) is 24.3 Å². The number of carboxylic acids is 1. The van der Waals surface area contributed by atoms with Crippen molar-refractivity contribution in [1.29, 1.82) is 0 Å². The Bertz CT molecular complexity index is 492. The molecule has 1 atom stereocenters. The van der Waals surface area contributed by atoms with E-state index in [1.807, 2.05) is 0 Å². The van der Waals surface area contributed by atoms with Crippen molar-refractivity contribution >= 4 is 11.9 Å². The first-order valence-electron chi connectivity index (χ1n) is 7.36. The smallest absolute Gasteiger partial charge is 0.335 e. The highest BCUT2D eigenvalue weighted by molar-refractivity contribution is 5.87. The van der Waals surface area contributed by atoms with Gasteiger partial charge in [-0.25, -0.2) is 4.79 Å². The SMILES string of the molecule is CC(Oc1ccc(C(=O)O)cc1)C(=O)NC1CCCCC1. The summed E-state index contributed by atoms with van der Waals surface area (Å²) in [6.07, 6.45) is 5.04.